The lowest BCUT2D eigenvalue weighted by atomic mass is 10.2. The lowest BCUT2D eigenvalue weighted by molar-refractivity contribution is -0.145. The Hall–Kier alpha value is -1.90. The maximum Gasteiger partial charge on any atom is 0.344 e. The lowest BCUT2D eigenvalue weighted by Crippen LogP contribution is -2.30. The zero-order chi connectivity index (χ0) is 14.7. The molecule has 1 rings (SSSR count). The van der Waals surface area contributed by atoms with E-state index in [0.29, 0.717) is 0 Å². The predicted molar refractivity (Wildman–Crippen MR) is 52.0 cm³/mol. The number of carboxylic acid groups (broad SMARTS) is 1. The van der Waals surface area contributed by atoms with Crippen LogP contribution in [0.25, 0.3) is 0 Å². The highest BCUT2D eigenvalue weighted by molar-refractivity contribution is 5.72. The topological polar surface area (TPSA) is 72.5 Å². The molecule has 1 aromatic carbocycles. The maximum atomic E-state index is 13.2. The van der Waals surface area contributed by atoms with E-state index in [0.717, 1.165) is 0 Å². The van der Waals surface area contributed by atoms with Crippen LogP contribution in [-0.4, -0.2) is 23.7 Å². The van der Waals surface area contributed by atoms with Gasteiger partial charge >= 0.3 is 5.97 Å². The van der Waals surface area contributed by atoms with Crippen LogP contribution in [-0.2, 0) is 4.79 Å². The molecule has 0 heterocycles. The summed E-state index contributed by atoms with van der Waals surface area (Å²) in [7, 11) is 0. The molecule has 0 aliphatic carbocycles. The number of nitrogens with two attached hydrogens (primary N) is 1. The van der Waals surface area contributed by atoms with E-state index in [1.807, 2.05) is 0 Å². The minimum atomic E-state index is -2.35. The number of hydrogen-bond acceptors (Lipinski definition) is 3. The first-order chi connectivity index (χ1) is 8.81. The normalized spacial score (nSPS) is 12.3. The minimum Gasteiger partial charge on any atom is -0.479 e. The summed E-state index contributed by atoms with van der Waals surface area (Å²) in [6.07, 6.45) is -2.19. The predicted octanol–water partition coefficient (Wildman–Crippen LogP) is 1.56. The van der Waals surface area contributed by atoms with Crippen molar-refractivity contribution in [3.05, 3.63) is 29.1 Å². The molecule has 0 bridgehead atoms. The van der Waals surface area contributed by atoms with Crippen LogP contribution in [0.1, 0.15) is 6.42 Å². The van der Waals surface area contributed by atoms with Crippen molar-refractivity contribution < 1.29 is 36.6 Å². The summed E-state index contributed by atoms with van der Waals surface area (Å²) in [6, 6.07) is 0. The molecule has 0 aliphatic heterocycles. The highest BCUT2D eigenvalue weighted by atomic mass is 19.2. The number of carbonyl (C=O) groups is 1. The zero-order valence-electron chi connectivity index (χ0n) is 9.22. The summed E-state index contributed by atoms with van der Waals surface area (Å²) in [4.78, 5) is 10.7. The first kappa shape index (κ1) is 15.2. The van der Waals surface area contributed by atoms with E-state index in [1.165, 1.54) is 0 Å². The van der Waals surface area contributed by atoms with Crippen molar-refractivity contribution in [2.24, 2.45) is 5.73 Å². The van der Waals surface area contributed by atoms with Crippen LogP contribution < -0.4 is 10.5 Å². The molecule has 106 valence electrons. The van der Waals surface area contributed by atoms with Crippen molar-refractivity contribution >= 4 is 5.97 Å². The average molecular weight is 285 g/mol. The van der Waals surface area contributed by atoms with Gasteiger partial charge in [-0.1, -0.05) is 0 Å². The monoisotopic (exact) mass is 285 g/mol. The van der Waals surface area contributed by atoms with Gasteiger partial charge in [-0.15, -0.1) is 0 Å². The van der Waals surface area contributed by atoms with Gasteiger partial charge in [0.25, 0.3) is 0 Å². The van der Waals surface area contributed by atoms with Crippen molar-refractivity contribution in [1.29, 1.82) is 0 Å². The SMILES string of the molecule is NCCC(Oc1c(F)c(F)c(F)c(F)c1F)C(=O)O. The minimum absolute atomic E-state index is 0.216. The van der Waals surface area contributed by atoms with E-state index >= 15 is 0 Å². The molecule has 0 aromatic heterocycles. The van der Waals surface area contributed by atoms with Gasteiger partial charge in [-0.25, -0.2) is 18.0 Å². The lowest BCUT2D eigenvalue weighted by Gasteiger charge is -2.16. The fourth-order valence-corrected chi connectivity index (χ4v) is 1.21. The summed E-state index contributed by atoms with van der Waals surface area (Å²) >= 11 is 0. The summed E-state index contributed by atoms with van der Waals surface area (Å²) in [6.45, 7) is -0.216. The van der Waals surface area contributed by atoms with Crippen LogP contribution in [0.2, 0.25) is 0 Å². The standard InChI is InChI=1S/C10H8F5NO3/c11-4-5(12)7(14)9(8(15)6(4)13)19-3(1-2-16)10(17)18/h3H,1-2,16H2,(H,17,18). The molecule has 19 heavy (non-hydrogen) atoms. The average Bonchev–Trinajstić information content (AvgIpc) is 2.37. The van der Waals surface area contributed by atoms with Crippen molar-refractivity contribution in [1.82, 2.24) is 0 Å². The summed E-state index contributed by atoms with van der Waals surface area (Å²) in [5, 5.41) is 8.65. The first-order valence-electron chi connectivity index (χ1n) is 4.92. The molecule has 0 radical (unpaired) electrons. The molecule has 0 aliphatic rings. The van der Waals surface area contributed by atoms with Gasteiger partial charge in [0.1, 0.15) is 0 Å². The summed E-state index contributed by atoms with van der Waals surface area (Å²) in [5.41, 5.74) is 5.04. The van der Waals surface area contributed by atoms with Gasteiger partial charge < -0.3 is 15.6 Å². The molecular formula is C10H8F5NO3. The first-order valence-corrected chi connectivity index (χ1v) is 4.92. The van der Waals surface area contributed by atoms with E-state index in [1.54, 1.807) is 0 Å². The van der Waals surface area contributed by atoms with E-state index in [2.05, 4.69) is 4.74 Å². The molecule has 0 amide bonds. The van der Waals surface area contributed by atoms with Crippen LogP contribution in [0.5, 0.6) is 5.75 Å². The number of aliphatic carboxylic acids is 1. The third-order valence-corrected chi connectivity index (χ3v) is 2.13. The van der Waals surface area contributed by atoms with Gasteiger partial charge in [0.2, 0.25) is 29.1 Å². The van der Waals surface area contributed by atoms with Gasteiger partial charge in [0, 0.05) is 6.42 Å². The number of ether oxygens (including phenoxy) is 1. The van der Waals surface area contributed by atoms with Crippen molar-refractivity contribution in [2.75, 3.05) is 6.54 Å². The molecule has 0 saturated heterocycles. The second kappa shape index (κ2) is 5.83. The van der Waals surface area contributed by atoms with Crippen LogP contribution >= 0.6 is 0 Å². The third kappa shape index (κ3) is 2.92. The Kier molecular flexibility index (Phi) is 4.65. The molecule has 1 unspecified atom stereocenters. The fraction of sp³-hybridized carbons (Fsp3) is 0.300. The van der Waals surface area contributed by atoms with Crippen LogP contribution in [0.15, 0.2) is 0 Å². The van der Waals surface area contributed by atoms with E-state index in [-0.39, 0.29) is 13.0 Å². The molecule has 1 atom stereocenters. The second-order valence-electron chi connectivity index (χ2n) is 3.42. The number of halogens is 5. The highest BCUT2D eigenvalue weighted by Gasteiger charge is 2.30. The Morgan fingerprint density at radius 3 is 1.84 bits per heavy atom. The van der Waals surface area contributed by atoms with Gasteiger partial charge in [-0.3, -0.25) is 0 Å². The second-order valence-corrected chi connectivity index (χ2v) is 3.42. The highest BCUT2D eigenvalue weighted by Crippen LogP contribution is 2.30. The molecule has 1 aromatic rings. The summed E-state index contributed by atoms with van der Waals surface area (Å²) in [5.74, 6) is -14.5. The zero-order valence-corrected chi connectivity index (χ0v) is 9.22. The van der Waals surface area contributed by atoms with Gasteiger partial charge in [0.15, 0.2) is 11.9 Å². The Bertz CT molecular complexity index is 479. The van der Waals surface area contributed by atoms with E-state index in [9.17, 15) is 26.7 Å². The smallest absolute Gasteiger partial charge is 0.344 e. The Morgan fingerprint density at radius 2 is 1.47 bits per heavy atom. The summed E-state index contributed by atoms with van der Waals surface area (Å²) < 4.78 is 69.1. The van der Waals surface area contributed by atoms with Gasteiger partial charge in [-0.05, 0) is 6.54 Å². The molecule has 0 fully saturated rings. The molecule has 9 heteroatoms. The van der Waals surface area contributed by atoms with E-state index < -0.39 is 46.9 Å². The quantitative estimate of drug-likeness (QED) is 0.489. The van der Waals surface area contributed by atoms with E-state index in [4.69, 9.17) is 10.8 Å². The molecule has 0 spiro atoms. The number of rotatable bonds is 5. The number of benzene rings is 1. The van der Waals surface area contributed by atoms with Crippen molar-refractivity contribution in [3.63, 3.8) is 0 Å². The maximum absolute atomic E-state index is 13.2. The largest absolute Gasteiger partial charge is 0.479 e. The van der Waals surface area contributed by atoms with Crippen LogP contribution in [0.3, 0.4) is 0 Å². The molecule has 0 saturated carbocycles. The Labute approximate surface area is 103 Å². The molecular weight excluding hydrogens is 277 g/mol. The van der Waals surface area contributed by atoms with Crippen LogP contribution in [0.4, 0.5) is 22.0 Å². The number of hydrogen-bond donors (Lipinski definition) is 2. The van der Waals surface area contributed by atoms with Crippen LogP contribution in [0, 0.1) is 29.1 Å². The molecule has 3 N–H and O–H groups in total. The van der Waals surface area contributed by atoms with Crippen molar-refractivity contribution in [2.45, 2.75) is 12.5 Å². The van der Waals surface area contributed by atoms with Crippen molar-refractivity contribution in [3.8, 4) is 5.75 Å². The molecule has 4 nitrogen and oxygen atoms in total. The van der Waals surface area contributed by atoms with Gasteiger partial charge in [0.05, 0.1) is 0 Å². The number of carboxylic acids is 1. The third-order valence-electron chi connectivity index (χ3n) is 2.13. The Morgan fingerprint density at radius 1 is 1.05 bits per heavy atom. The van der Waals surface area contributed by atoms with Gasteiger partial charge in [-0.2, -0.15) is 8.78 Å². The fourth-order valence-electron chi connectivity index (χ4n) is 1.21. The Balaban J connectivity index is 3.24.